The van der Waals surface area contributed by atoms with Gasteiger partial charge < -0.3 is 15.0 Å². The molecule has 2 N–H and O–H groups in total. The molecule has 0 saturated carbocycles. The first-order chi connectivity index (χ1) is 7.81. The normalized spacial score (nSPS) is 10.3. The monoisotopic (exact) mass is 218 g/mol. The molecule has 0 radical (unpaired) electrons. The molecule has 0 bridgehead atoms. The van der Waals surface area contributed by atoms with E-state index in [1.165, 1.54) is 0 Å². The third-order valence-electron chi connectivity index (χ3n) is 2.32. The molecule has 0 saturated heterocycles. The number of carbonyl (C=O) groups is 1. The molecule has 4 heteroatoms. The summed E-state index contributed by atoms with van der Waals surface area (Å²) in [5.74, 6) is -0.243. The molecule has 0 aliphatic heterocycles. The number of esters is 1. The van der Waals surface area contributed by atoms with Crippen LogP contribution in [0.3, 0.4) is 0 Å². The van der Waals surface area contributed by atoms with Crippen molar-refractivity contribution in [1.29, 1.82) is 0 Å². The van der Waals surface area contributed by atoms with E-state index in [9.17, 15) is 4.79 Å². The van der Waals surface area contributed by atoms with Gasteiger partial charge in [-0.3, -0.25) is 4.79 Å². The van der Waals surface area contributed by atoms with Crippen molar-refractivity contribution >= 4 is 22.6 Å². The molecule has 16 heavy (non-hydrogen) atoms. The summed E-state index contributed by atoms with van der Waals surface area (Å²) in [6.07, 6.45) is 1.85. The van der Waals surface area contributed by atoms with Gasteiger partial charge in [-0.2, -0.15) is 0 Å². The molecule has 0 aliphatic rings. The summed E-state index contributed by atoms with van der Waals surface area (Å²) in [7, 11) is 0. The summed E-state index contributed by atoms with van der Waals surface area (Å²) >= 11 is 0. The fourth-order valence-corrected chi connectivity index (χ4v) is 1.60. The van der Waals surface area contributed by atoms with Gasteiger partial charge in [-0.15, -0.1) is 0 Å². The molecule has 1 heterocycles. The summed E-state index contributed by atoms with van der Waals surface area (Å²) in [5, 5.41) is 4.12. The van der Waals surface area contributed by atoms with Crippen LogP contribution in [-0.2, 0) is 9.53 Å². The Morgan fingerprint density at radius 1 is 1.44 bits per heavy atom. The van der Waals surface area contributed by atoms with Crippen molar-refractivity contribution in [1.82, 2.24) is 4.98 Å². The Balaban J connectivity index is 2.07. The lowest BCUT2D eigenvalue weighted by Gasteiger charge is -2.04. The molecule has 84 valence electrons. The number of H-pyrrole nitrogens is 1. The maximum atomic E-state index is 11.2. The number of nitrogens with one attached hydrogen (secondary N) is 2. The minimum absolute atomic E-state index is 0.190. The second-order valence-electron chi connectivity index (χ2n) is 3.41. The van der Waals surface area contributed by atoms with E-state index in [4.69, 9.17) is 4.74 Å². The number of para-hydroxylation sites is 1. The van der Waals surface area contributed by atoms with Gasteiger partial charge in [0.05, 0.1) is 12.3 Å². The zero-order valence-corrected chi connectivity index (χ0v) is 9.12. The number of anilines is 1. The molecular weight excluding hydrogens is 204 g/mol. The van der Waals surface area contributed by atoms with Crippen LogP contribution in [0.2, 0.25) is 0 Å². The van der Waals surface area contributed by atoms with Crippen molar-refractivity contribution in [3.63, 3.8) is 0 Å². The Labute approximate surface area is 93.6 Å². The highest BCUT2D eigenvalue weighted by Crippen LogP contribution is 2.21. The first kappa shape index (κ1) is 10.5. The van der Waals surface area contributed by atoms with E-state index in [-0.39, 0.29) is 12.5 Å². The van der Waals surface area contributed by atoms with Gasteiger partial charge in [0.2, 0.25) is 0 Å². The van der Waals surface area contributed by atoms with Crippen LogP contribution in [0.25, 0.3) is 10.9 Å². The molecule has 0 unspecified atom stereocenters. The zero-order valence-electron chi connectivity index (χ0n) is 9.12. The standard InChI is InChI=1S/C12H14N2O2/c1-2-16-12(15)8-14-11-7-13-10-6-4-3-5-9(10)11/h3-7,13-14H,2,8H2,1H3. The van der Waals surface area contributed by atoms with Crippen LogP contribution < -0.4 is 5.32 Å². The maximum Gasteiger partial charge on any atom is 0.325 e. The fraction of sp³-hybridized carbons (Fsp3) is 0.250. The van der Waals surface area contributed by atoms with Crippen molar-refractivity contribution in [2.45, 2.75) is 6.92 Å². The van der Waals surface area contributed by atoms with Crippen LogP contribution in [-0.4, -0.2) is 24.1 Å². The summed E-state index contributed by atoms with van der Waals surface area (Å²) in [6.45, 7) is 2.40. The number of aromatic amines is 1. The van der Waals surface area contributed by atoms with Gasteiger partial charge >= 0.3 is 5.97 Å². The third kappa shape index (κ3) is 2.16. The SMILES string of the molecule is CCOC(=O)CNc1c[nH]c2ccccc12. The molecule has 1 aromatic carbocycles. The van der Waals surface area contributed by atoms with Crippen molar-refractivity contribution in [2.24, 2.45) is 0 Å². The van der Waals surface area contributed by atoms with E-state index in [1.807, 2.05) is 30.5 Å². The molecule has 2 rings (SSSR count). The number of aromatic nitrogens is 1. The lowest BCUT2D eigenvalue weighted by atomic mass is 10.2. The van der Waals surface area contributed by atoms with Gasteiger partial charge in [-0.1, -0.05) is 18.2 Å². The van der Waals surface area contributed by atoms with E-state index in [0.717, 1.165) is 16.6 Å². The van der Waals surface area contributed by atoms with E-state index in [2.05, 4.69) is 10.3 Å². The third-order valence-corrected chi connectivity index (χ3v) is 2.32. The molecule has 0 atom stereocenters. The predicted octanol–water partition coefficient (Wildman–Crippen LogP) is 2.14. The van der Waals surface area contributed by atoms with Crippen molar-refractivity contribution in [3.8, 4) is 0 Å². The van der Waals surface area contributed by atoms with Crippen LogP contribution in [0.1, 0.15) is 6.92 Å². The Morgan fingerprint density at radius 3 is 3.06 bits per heavy atom. The molecule has 4 nitrogen and oxygen atoms in total. The smallest absolute Gasteiger partial charge is 0.325 e. The minimum atomic E-state index is -0.243. The maximum absolute atomic E-state index is 11.2. The van der Waals surface area contributed by atoms with Gasteiger partial charge in [0.15, 0.2) is 0 Å². The van der Waals surface area contributed by atoms with E-state index >= 15 is 0 Å². The second kappa shape index (κ2) is 4.70. The number of hydrogen-bond acceptors (Lipinski definition) is 3. The Hall–Kier alpha value is -1.97. The van der Waals surface area contributed by atoms with E-state index in [0.29, 0.717) is 6.61 Å². The van der Waals surface area contributed by atoms with Gasteiger partial charge in [0.25, 0.3) is 0 Å². The Bertz CT molecular complexity index is 490. The largest absolute Gasteiger partial charge is 0.465 e. The number of benzene rings is 1. The number of ether oxygens (including phenoxy) is 1. The molecule has 0 fully saturated rings. The minimum Gasteiger partial charge on any atom is -0.465 e. The van der Waals surface area contributed by atoms with Gasteiger partial charge in [-0.25, -0.2) is 0 Å². The highest BCUT2D eigenvalue weighted by Gasteiger charge is 2.05. The number of hydrogen-bond donors (Lipinski definition) is 2. The predicted molar refractivity (Wildman–Crippen MR) is 63.4 cm³/mol. The van der Waals surface area contributed by atoms with Crippen molar-refractivity contribution < 1.29 is 9.53 Å². The average molecular weight is 218 g/mol. The molecule has 2 aromatic rings. The van der Waals surface area contributed by atoms with Crippen LogP contribution in [0.4, 0.5) is 5.69 Å². The molecule has 0 amide bonds. The average Bonchev–Trinajstić information content (AvgIpc) is 2.70. The van der Waals surface area contributed by atoms with Gasteiger partial charge in [0, 0.05) is 17.1 Å². The first-order valence-electron chi connectivity index (χ1n) is 5.27. The van der Waals surface area contributed by atoms with Gasteiger partial charge in [0.1, 0.15) is 6.54 Å². The number of rotatable bonds is 4. The summed E-state index contributed by atoms with van der Waals surface area (Å²) in [4.78, 5) is 14.3. The summed E-state index contributed by atoms with van der Waals surface area (Å²) in [5.41, 5.74) is 1.97. The molecule has 1 aromatic heterocycles. The van der Waals surface area contributed by atoms with Gasteiger partial charge in [-0.05, 0) is 13.0 Å². The quantitative estimate of drug-likeness (QED) is 0.773. The summed E-state index contributed by atoms with van der Waals surface area (Å²) in [6, 6.07) is 7.92. The second-order valence-corrected chi connectivity index (χ2v) is 3.41. The molecule has 0 spiro atoms. The topological polar surface area (TPSA) is 54.1 Å². The highest BCUT2D eigenvalue weighted by atomic mass is 16.5. The van der Waals surface area contributed by atoms with Crippen LogP contribution in [0, 0.1) is 0 Å². The van der Waals surface area contributed by atoms with Crippen molar-refractivity contribution in [3.05, 3.63) is 30.5 Å². The highest BCUT2D eigenvalue weighted by molar-refractivity contribution is 5.93. The van der Waals surface area contributed by atoms with E-state index < -0.39 is 0 Å². The lowest BCUT2D eigenvalue weighted by Crippen LogP contribution is -2.16. The first-order valence-corrected chi connectivity index (χ1v) is 5.27. The molecule has 0 aliphatic carbocycles. The van der Waals surface area contributed by atoms with Crippen LogP contribution in [0.15, 0.2) is 30.5 Å². The number of carbonyl (C=O) groups excluding carboxylic acids is 1. The lowest BCUT2D eigenvalue weighted by molar-refractivity contribution is -0.140. The zero-order chi connectivity index (χ0) is 11.4. The van der Waals surface area contributed by atoms with Crippen LogP contribution in [0.5, 0.6) is 0 Å². The number of fused-ring (bicyclic) bond motifs is 1. The molecular formula is C12H14N2O2. The Kier molecular flexibility index (Phi) is 3.10. The van der Waals surface area contributed by atoms with Crippen LogP contribution >= 0.6 is 0 Å². The Morgan fingerprint density at radius 2 is 2.25 bits per heavy atom. The fourth-order valence-electron chi connectivity index (χ4n) is 1.60. The van der Waals surface area contributed by atoms with Crippen molar-refractivity contribution in [2.75, 3.05) is 18.5 Å². The van der Waals surface area contributed by atoms with E-state index in [1.54, 1.807) is 6.92 Å². The summed E-state index contributed by atoms with van der Waals surface area (Å²) < 4.78 is 4.84.